The van der Waals surface area contributed by atoms with Crippen LogP contribution in [-0.2, 0) is 9.47 Å². The summed E-state index contributed by atoms with van der Waals surface area (Å²) in [5, 5.41) is 0. The fourth-order valence-corrected chi connectivity index (χ4v) is 3.95. The second-order valence-corrected chi connectivity index (χ2v) is 6.96. The summed E-state index contributed by atoms with van der Waals surface area (Å²) in [6.45, 7) is 1.79. The lowest BCUT2D eigenvalue weighted by atomic mass is 9.77. The van der Waals surface area contributed by atoms with Crippen LogP contribution in [0.15, 0.2) is 24.3 Å². The summed E-state index contributed by atoms with van der Waals surface area (Å²) in [6.07, 6.45) is 5.73. The lowest BCUT2D eigenvalue weighted by molar-refractivity contribution is 0.0718. The first-order valence-electron chi connectivity index (χ1n) is 8.98. The highest BCUT2D eigenvalue weighted by molar-refractivity contribution is 5.89. The van der Waals surface area contributed by atoms with Crippen LogP contribution in [0.2, 0.25) is 0 Å². The normalized spacial score (nSPS) is 26.2. The van der Waals surface area contributed by atoms with E-state index in [-0.39, 0.29) is 24.6 Å². The molecule has 6 heteroatoms. The van der Waals surface area contributed by atoms with Gasteiger partial charge in [0.1, 0.15) is 6.10 Å². The van der Waals surface area contributed by atoms with Gasteiger partial charge in [0.15, 0.2) is 0 Å². The van der Waals surface area contributed by atoms with Crippen molar-refractivity contribution in [2.24, 2.45) is 11.7 Å². The summed E-state index contributed by atoms with van der Waals surface area (Å²) in [7, 11) is 1.62. The zero-order valence-corrected chi connectivity index (χ0v) is 15.7. The van der Waals surface area contributed by atoms with Crippen LogP contribution >= 0.6 is 12.4 Å². The van der Waals surface area contributed by atoms with E-state index in [2.05, 4.69) is 12.1 Å². The van der Waals surface area contributed by atoms with Crippen LogP contribution in [0.5, 0.6) is 0 Å². The largest absolute Gasteiger partial charge is 0.441 e. The first-order valence-corrected chi connectivity index (χ1v) is 8.98. The number of methoxy groups -OCH3 is 1. The van der Waals surface area contributed by atoms with Gasteiger partial charge in [-0.1, -0.05) is 12.1 Å². The zero-order valence-electron chi connectivity index (χ0n) is 14.9. The second-order valence-electron chi connectivity index (χ2n) is 6.96. The molecule has 0 bridgehead atoms. The third-order valence-electron chi connectivity index (χ3n) is 5.32. The first kappa shape index (κ1) is 20.0. The van der Waals surface area contributed by atoms with E-state index in [1.807, 2.05) is 12.1 Å². The van der Waals surface area contributed by atoms with E-state index in [0.29, 0.717) is 19.1 Å². The number of halogens is 1. The zero-order chi connectivity index (χ0) is 16.9. The summed E-state index contributed by atoms with van der Waals surface area (Å²) in [6, 6.07) is 8.41. The Morgan fingerprint density at radius 1 is 1.20 bits per heavy atom. The molecule has 2 aliphatic rings. The van der Waals surface area contributed by atoms with Gasteiger partial charge in [0.2, 0.25) is 0 Å². The molecule has 2 fully saturated rings. The minimum Gasteiger partial charge on any atom is -0.441 e. The highest BCUT2D eigenvalue weighted by atomic mass is 35.5. The van der Waals surface area contributed by atoms with Crippen LogP contribution in [0.25, 0.3) is 0 Å². The summed E-state index contributed by atoms with van der Waals surface area (Å²) in [5.74, 6) is 1.45. The van der Waals surface area contributed by atoms with E-state index in [4.69, 9.17) is 15.2 Å². The van der Waals surface area contributed by atoms with Crippen molar-refractivity contribution in [1.82, 2.24) is 0 Å². The second kappa shape index (κ2) is 9.41. The van der Waals surface area contributed by atoms with Gasteiger partial charge in [0.05, 0.1) is 13.2 Å². The summed E-state index contributed by atoms with van der Waals surface area (Å²) in [5.41, 5.74) is 7.95. The molecule has 1 heterocycles. The Bertz CT molecular complexity index is 544. The minimum atomic E-state index is -0.285. The van der Waals surface area contributed by atoms with Crippen LogP contribution in [0.1, 0.15) is 43.6 Å². The molecule has 5 nitrogen and oxygen atoms in total. The number of carbonyl (C=O) groups is 1. The molecule has 1 aliphatic heterocycles. The molecule has 1 aliphatic carbocycles. The van der Waals surface area contributed by atoms with E-state index in [1.54, 1.807) is 12.0 Å². The van der Waals surface area contributed by atoms with Gasteiger partial charge in [-0.2, -0.15) is 0 Å². The van der Waals surface area contributed by atoms with Crippen molar-refractivity contribution in [1.29, 1.82) is 0 Å². The van der Waals surface area contributed by atoms with Gasteiger partial charge in [-0.15, -0.1) is 12.4 Å². The van der Waals surface area contributed by atoms with Crippen LogP contribution in [0.4, 0.5) is 10.5 Å². The molecule has 3 rings (SSSR count). The van der Waals surface area contributed by atoms with Gasteiger partial charge in [0, 0.05) is 12.8 Å². The number of benzene rings is 1. The topological polar surface area (TPSA) is 64.8 Å². The standard InChI is InChI=1S/C19H28N2O3.ClH/c1-23-13-18-12-21(19(22)24-18)17-8-6-16(7-9-17)15-4-2-14(3-5-15)10-11-20;/h6-9,14-15,18H,2-5,10-13,20H2,1H3;1H/t14-,15-,18?;. The Hall–Kier alpha value is -1.30. The Morgan fingerprint density at radius 3 is 2.48 bits per heavy atom. The predicted molar refractivity (Wildman–Crippen MR) is 102 cm³/mol. The van der Waals surface area contributed by atoms with E-state index >= 15 is 0 Å². The van der Waals surface area contributed by atoms with Gasteiger partial charge in [-0.05, 0) is 68.2 Å². The SMILES string of the molecule is COCC1CN(c2ccc([C@H]3CC[C@H](CCN)CC3)cc2)C(=O)O1.Cl. The van der Waals surface area contributed by atoms with Gasteiger partial charge >= 0.3 is 6.09 Å². The van der Waals surface area contributed by atoms with Crippen LogP contribution in [0.3, 0.4) is 0 Å². The lowest BCUT2D eigenvalue weighted by Gasteiger charge is -2.28. The third-order valence-corrected chi connectivity index (χ3v) is 5.32. The average Bonchev–Trinajstić information content (AvgIpc) is 2.97. The quantitative estimate of drug-likeness (QED) is 0.831. The molecule has 140 valence electrons. The van der Waals surface area contributed by atoms with Crippen molar-refractivity contribution >= 4 is 24.2 Å². The molecule has 1 unspecified atom stereocenters. The molecule has 0 radical (unpaired) electrons. The highest BCUT2D eigenvalue weighted by Gasteiger charge is 2.32. The smallest absolute Gasteiger partial charge is 0.414 e. The van der Waals surface area contributed by atoms with Gasteiger partial charge in [-0.3, -0.25) is 4.90 Å². The molecule has 2 N–H and O–H groups in total. The number of anilines is 1. The monoisotopic (exact) mass is 368 g/mol. The van der Waals surface area contributed by atoms with Gasteiger partial charge < -0.3 is 15.2 Å². The van der Waals surface area contributed by atoms with Crippen molar-refractivity contribution in [2.45, 2.75) is 44.1 Å². The first-order chi connectivity index (χ1) is 11.7. The minimum absolute atomic E-state index is 0. The third kappa shape index (κ3) is 4.87. The number of carbonyl (C=O) groups excluding carboxylic acids is 1. The summed E-state index contributed by atoms with van der Waals surface area (Å²) in [4.78, 5) is 13.7. The molecule has 1 saturated heterocycles. The number of ether oxygens (including phenoxy) is 2. The maximum Gasteiger partial charge on any atom is 0.414 e. The number of rotatable bonds is 6. The van der Waals surface area contributed by atoms with Crippen molar-refractivity contribution in [3.8, 4) is 0 Å². The fourth-order valence-electron chi connectivity index (χ4n) is 3.95. The Kier molecular flexibility index (Phi) is 7.54. The number of hydrogen-bond acceptors (Lipinski definition) is 4. The number of nitrogens with zero attached hydrogens (tertiary/aromatic N) is 1. The molecule has 1 amide bonds. The van der Waals surface area contributed by atoms with E-state index in [9.17, 15) is 4.79 Å². The molecular formula is C19H29ClN2O3. The summed E-state index contributed by atoms with van der Waals surface area (Å²) < 4.78 is 10.4. The van der Waals surface area contributed by atoms with Crippen LogP contribution < -0.4 is 10.6 Å². The average molecular weight is 369 g/mol. The van der Waals surface area contributed by atoms with E-state index in [0.717, 1.165) is 24.6 Å². The van der Waals surface area contributed by atoms with Crippen molar-refractivity contribution in [3.05, 3.63) is 29.8 Å². The van der Waals surface area contributed by atoms with Crippen LogP contribution in [0, 0.1) is 5.92 Å². The molecule has 1 aromatic carbocycles. The number of nitrogens with two attached hydrogens (primary N) is 1. The lowest BCUT2D eigenvalue weighted by Crippen LogP contribution is -2.25. The summed E-state index contributed by atoms with van der Waals surface area (Å²) >= 11 is 0. The molecule has 1 atom stereocenters. The van der Waals surface area contributed by atoms with Gasteiger partial charge in [0.25, 0.3) is 0 Å². The Labute approximate surface area is 156 Å². The van der Waals surface area contributed by atoms with Gasteiger partial charge in [-0.25, -0.2) is 4.79 Å². The predicted octanol–water partition coefficient (Wildman–Crippen LogP) is 3.70. The van der Waals surface area contributed by atoms with E-state index < -0.39 is 0 Å². The maximum atomic E-state index is 12.0. The van der Waals surface area contributed by atoms with Crippen molar-refractivity contribution < 1.29 is 14.3 Å². The maximum absolute atomic E-state index is 12.0. The highest BCUT2D eigenvalue weighted by Crippen LogP contribution is 2.37. The molecule has 25 heavy (non-hydrogen) atoms. The molecule has 1 aromatic rings. The molecule has 0 spiro atoms. The molecule has 0 aromatic heterocycles. The number of hydrogen-bond donors (Lipinski definition) is 1. The van der Waals surface area contributed by atoms with Crippen molar-refractivity contribution in [3.63, 3.8) is 0 Å². The van der Waals surface area contributed by atoms with E-state index in [1.165, 1.54) is 31.2 Å². The fraction of sp³-hybridized carbons (Fsp3) is 0.632. The molecular weight excluding hydrogens is 340 g/mol. The Balaban J connectivity index is 0.00000225. The molecule has 1 saturated carbocycles. The van der Waals surface area contributed by atoms with Crippen molar-refractivity contribution in [2.75, 3.05) is 31.7 Å². The van der Waals surface area contributed by atoms with Crippen LogP contribution in [-0.4, -0.2) is 39.0 Å². The Morgan fingerprint density at radius 2 is 1.88 bits per heavy atom. The number of cyclic esters (lactones) is 1. The number of amides is 1.